The molecule has 0 unspecified atom stereocenters. The average molecular weight is 814 g/mol. The van der Waals surface area contributed by atoms with Crippen LogP contribution >= 0.6 is 0 Å². The van der Waals surface area contributed by atoms with E-state index in [9.17, 15) is 0 Å². The minimum absolute atomic E-state index is 0. The zero-order chi connectivity index (χ0) is 33.5. The SMILES string of the molecule is [2H]C(C)(C)c1ccc2c(c1)oc1c(-c3nc4c5ccccc5nc(C)c4n3-c3ccccc3)[c-]ccc12.[Ir].[c-]1ccccc1-c1ccccn1. The molecule has 49 heavy (non-hydrogen) atoms. The van der Waals surface area contributed by atoms with Gasteiger partial charge in [-0.25, -0.2) is 0 Å². The summed E-state index contributed by atoms with van der Waals surface area (Å²) >= 11 is 0. The van der Waals surface area contributed by atoms with Gasteiger partial charge in [-0.05, 0) is 54.4 Å². The van der Waals surface area contributed by atoms with Gasteiger partial charge in [0.25, 0.3) is 0 Å². The van der Waals surface area contributed by atoms with Gasteiger partial charge in [-0.2, -0.15) is 0 Å². The van der Waals surface area contributed by atoms with Gasteiger partial charge < -0.3 is 14.0 Å². The molecule has 0 aliphatic rings. The fourth-order valence-electron chi connectivity index (χ4n) is 6.24. The third-order valence-electron chi connectivity index (χ3n) is 8.57. The van der Waals surface area contributed by atoms with Crippen molar-refractivity contribution in [1.29, 1.82) is 0 Å². The fourth-order valence-corrected chi connectivity index (χ4v) is 6.24. The van der Waals surface area contributed by atoms with Crippen molar-refractivity contribution in [1.82, 2.24) is 19.5 Å². The summed E-state index contributed by atoms with van der Waals surface area (Å²) < 4.78 is 17.1. The number of nitrogens with zero attached hydrogens (tertiary/aromatic N) is 4. The quantitative estimate of drug-likeness (QED) is 0.166. The van der Waals surface area contributed by atoms with Crippen molar-refractivity contribution in [3.63, 3.8) is 0 Å². The number of fused-ring (bicyclic) bond motifs is 6. The van der Waals surface area contributed by atoms with Gasteiger partial charge in [0.2, 0.25) is 0 Å². The first-order chi connectivity index (χ1) is 23.9. The summed E-state index contributed by atoms with van der Waals surface area (Å²) in [6, 6.07) is 48.7. The summed E-state index contributed by atoms with van der Waals surface area (Å²) in [6.45, 7) is 5.81. The molecule has 0 spiro atoms. The molecule has 4 aromatic heterocycles. The molecule has 0 amide bonds. The third kappa shape index (κ3) is 5.95. The van der Waals surface area contributed by atoms with Crippen molar-refractivity contribution in [3.8, 4) is 28.3 Å². The van der Waals surface area contributed by atoms with Crippen molar-refractivity contribution in [2.45, 2.75) is 26.7 Å². The Kier molecular flexibility index (Phi) is 8.57. The zero-order valence-electron chi connectivity index (χ0n) is 28.2. The zero-order valence-corrected chi connectivity index (χ0v) is 29.6. The standard InChI is InChI=1S/C32H24N3O.C11H8N.Ir/c1-19(2)21-16-17-23-24-13-9-14-26(31(24)36-28(23)18-21)32-34-29-25-12-7-8-15-27(25)33-20(3)30(29)35(32)22-10-5-4-6-11-22;1-2-6-10(7-3-1)11-8-4-5-9-12-11;/h4-13,15-19H,1-3H3;1-6,8-9H;/q2*-1;/i19D;;. The molecule has 0 fully saturated rings. The molecule has 5 aromatic carbocycles. The van der Waals surface area contributed by atoms with Crippen LogP contribution in [0.5, 0.6) is 0 Å². The topological polar surface area (TPSA) is 56.7 Å². The molecule has 0 aliphatic carbocycles. The van der Waals surface area contributed by atoms with Crippen molar-refractivity contribution in [3.05, 3.63) is 157 Å². The van der Waals surface area contributed by atoms with Crippen LogP contribution in [-0.4, -0.2) is 19.5 Å². The van der Waals surface area contributed by atoms with Gasteiger partial charge in [0.05, 0.1) is 33.7 Å². The number of pyridine rings is 2. The second-order valence-electron chi connectivity index (χ2n) is 11.9. The van der Waals surface area contributed by atoms with Gasteiger partial charge in [0.15, 0.2) is 0 Å². The Labute approximate surface area is 300 Å². The maximum atomic E-state index is 8.46. The van der Waals surface area contributed by atoms with Crippen LogP contribution in [0.3, 0.4) is 0 Å². The van der Waals surface area contributed by atoms with E-state index in [0.29, 0.717) is 0 Å². The molecule has 0 saturated carbocycles. The van der Waals surface area contributed by atoms with Gasteiger partial charge in [-0.1, -0.05) is 85.5 Å². The van der Waals surface area contributed by atoms with Gasteiger partial charge in [0.1, 0.15) is 5.58 Å². The first kappa shape index (κ1) is 30.9. The molecular formula is C43H32IrN4O-2. The third-order valence-corrected chi connectivity index (χ3v) is 8.57. The average Bonchev–Trinajstić information content (AvgIpc) is 3.73. The van der Waals surface area contributed by atoms with Gasteiger partial charge in [-0.3, -0.25) is 9.97 Å². The summed E-state index contributed by atoms with van der Waals surface area (Å²) in [5.41, 5.74) is 9.93. The van der Waals surface area contributed by atoms with Gasteiger partial charge in [-0.15, -0.1) is 54.1 Å². The van der Waals surface area contributed by atoms with E-state index in [4.69, 9.17) is 15.8 Å². The van der Waals surface area contributed by atoms with Crippen LogP contribution in [0.25, 0.3) is 72.2 Å². The van der Waals surface area contributed by atoms with Gasteiger partial charge in [0, 0.05) is 44.1 Å². The van der Waals surface area contributed by atoms with Crippen LogP contribution < -0.4 is 0 Å². The number of para-hydroxylation sites is 2. The van der Waals surface area contributed by atoms with E-state index in [1.165, 1.54) is 0 Å². The Morgan fingerprint density at radius 1 is 0.755 bits per heavy atom. The molecule has 0 saturated heterocycles. The largest absolute Gasteiger partial charge is 0.501 e. The van der Waals surface area contributed by atoms with Crippen LogP contribution in [0.4, 0.5) is 0 Å². The molecule has 0 N–H and O–H groups in total. The predicted molar refractivity (Wildman–Crippen MR) is 195 cm³/mol. The maximum absolute atomic E-state index is 8.46. The van der Waals surface area contributed by atoms with E-state index >= 15 is 0 Å². The molecule has 6 heteroatoms. The minimum Gasteiger partial charge on any atom is -0.501 e. The normalized spacial score (nSPS) is 11.7. The van der Waals surface area contributed by atoms with Crippen molar-refractivity contribution < 1.29 is 25.9 Å². The van der Waals surface area contributed by atoms with Crippen LogP contribution in [0, 0.1) is 19.1 Å². The Balaban J connectivity index is 0.000000255. The first-order valence-corrected chi connectivity index (χ1v) is 16.0. The summed E-state index contributed by atoms with van der Waals surface area (Å²) in [5, 5.41) is 3.03. The number of aromatic nitrogens is 4. The number of aryl methyl sites for hydroxylation is 1. The summed E-state index contributed by atoms with van der Waals surface area (Å²) in [7, 11) is 0. The van der Waals surface area contributed by atoms with Crippen molar-refractivity contribution in [2.24, 2.45) is 0 Å². The second-order valence-corrected chi connectivity index (χ2v) is 11.9. The number of benzene rings is 5. The molecular weight excluding hydrogens is 781 g/mol. The van der Waals surface area contributed by atoms with E-state index in [-0.39, 0.29) is 20.1 Å². The number of hydrogen-bond donors (Lipinski definition) is 0. The summed E-state index contributed by atoms with van der Waals surface area (Å²) in [6.07, 6.45) is 1.79. The van der Waals surface area contributed by atoms with E-state index < -0.39 is 5.89 Å². The molecule has 5 nitrogen and oxygen atoms in total. The van der Waals surface area contributed by atoms with E-state index in [1.807, 2.05) is 124 Å². The Morgan fingerprint density at radius 3 is 2.33 bits per heavy atom. The number of imidazole rings is 1. The van der Waals surface area contributed by atoms with Crippen molar-refractivity contribution in [2.75, 3.05) is 0 Å². The Morgan fingerprint density at radius 2 is 1.55 bits per heavy atom. The minimum atomic E-state index is -0.713. The van der Waals surface area contributed by atoms with E-state index in [2.05, 4.69) is 45.9 Å². The van der Waals surface area contributed by atoms with Crippen LogP contribution in [0.15, 0.2) is 138 Å². The van der Waals surface area contributed by atoms with E-state index in [0.717, 1.165) is 83.5 Å². The first-order valence-electron chi connectivity index (χ1n) is 16.5. The summed E-state index contributed by atoms with van der Waals surface area (Å²) in [4.78, 5) is 14.4. The number of rotatable bonds is 4. The van der Waals surface area contributed by atoms with Crippen LogP contribution in [-0.2, 0) is 20.1 Å². The molecule has 241 valence electrons. The van der Waals surface area contributed by atoms with E-state index in [1.54, 1.807) is 6.20 Å². The molecule has 1 radical (unpaired) electrons. The molecule has 4 heterocycles. The number of hydrogen-bond acceptors (Lipinski definition) is 4. The molecule has 0 bridgehead atoms. The molecule has 0 atom stereocenters. The monoisotopic (exact) mass is 814 g/mol. The van der Waals surface area contributed by atoms with Gasteiger partial charge >= 0.3 is 0 Å². The predicted octanol–water partition coefficient (Wildman–Crippen LogP) is 10.9. The molecule has 9 rings (SSSR count). The van der Waals surface area contributed by atoms with Crippen molar-refractivity contribution >= 4 is 43.9 Å². The van der Waals surface area contributed by atoms with Crippen LogP contribution in [0.1, 0.15) is 32.4 Å². The van der Waals surface area contributed by atoms with Crippen LogP contribution in [0.2, 0.25) is 0 Å². The second kappa shape index (κ2) is 13.6. The molecule has 0 aliphatic heterocycles. The summed E-state index contributed by atoms with van der Waals surface area (Å²) in [5.74, 6) is 0.0442. The maximum Gasteiger partial charge on any atom is 0.121 e. The molecule has 9 aromatic rings. The smallest absolute Gasteiger partial charge is 0.121 e. The Hall–Kier alpha value is -5.42. The fraction of sp³-hybridized carbons (Fsp3) is 0.0930. The number of furan rings is 1. The Bertz CT molecular complexity index is 2560.